The fraction of sp³-hybridized carbons (Fsp3) is 0.793. The Hall–Kier alpha value is -2.00. The highest BCUT2D eigenvalue weighted by Gasteiger charge is 2.36. The molecule has 0 saturated carbocycles. The normalized spacial score (nSPS) is 18.2. The Labute approximate surface area is 234 Å². The van der Waals surface area contributed by atoms with Crippen molar-refractivity contribution in [3.63, 3.8) is 0 Å². The predicted octanol–water partition coefficient (Wildman–Crippen LogP) is 6.69. The average molecular weight is 553 g/mol. The highest BCUT2D eigenvalue weighted by atomic mass is 32.1. The summed E-state index contributed by atoms with van der Waals surface area (Å²) in [4.78, 5) is 24.1. The van der Waals surface area contributed by atoms with E-state index in [2.05, 4.69) is 28.8 Å². The number of esters is 2. The molecule has 1 aliphatic rings. The van der Waals surface area contributed by atoms with Crippen LogP contribution in [0.2, 0.25) is 0 Å². The molecule has 0 N–H and O–H groups in total. The van der Waals surface area contributed by atoms with Crippen molar-refractivity contribution in [2.24, 2.45) is 0 Å². The van der Waals surface area contributed by atoms with Crippen LogP contribution in [0.3, 0.4) is 0 Å². The minimum atomic E-state index is -0.234. The molecule has 0 amide bonds. The van der Waals surface area contributed by atoms with Gasteiger partial charge in [0.1, 0.15) is 12.2 Å². The lowest BCUT2D eigenvalue weighted by atomic mass is 10.0. The van der Waals surface area contributed by atoms with Crippen LogP contribution in [-0.2, 0) is 19.1 Å². The lowest BCUT2D eigenvalue weighted by Crippen LogP contribution is -2.55. The fourth-order valence-electron chi connectivity index (χ4n) is 4.66. The second kappa shape index (κ2) is 17.6. The molecule has 0 spiro atoms. The number of rotatable bonds is 19. The molecule has 0 fully saturated rings. The maximum absolute atomic E-state index is 12.6. The van der Waals surface area contributed by atoms with E-state index in [4.69, 9.17) is 14.2 Å². The van der Waals surface area contributed by atoms with Crippen molar-refractivity contribution in [3.05, 3.63) is 11.8 Å². The van der Waals surface area contributed by atoms with Gasteiger partial charge in [-0.05, 0) is 33.1 Å². The first-order valence-corrected chi connectivity index (χ1v) is 15.4. The average Bonchev–Trinajstić information content (AvgIpc) is 3.33. The largest absolute Gasteiger partial charge is 0.475 e. The zero-order valence-corrected chi connectivity index (χ0v) is 25.2. The third-order valence-corrected chi connectivity index (χ3v) is 7.63. The molecule has 2 heterocycles. The molecule has 38 heavy (non-hydrogen) atoms. The molecule has 2 rings (SSSR count). The number of likely N-dealkylation sites (N-methyl/N-ethyl adjacent to an activating group) is 1. The van der Waals surface area contributed by atoms with Gasteiger partial charge in [-0.25, -0.2) is 0 Å². The van der Waals surface area contributed by atoms with Crippen LogP contribution in [0.15, 0.2) is 6.08 Å². The number of aromatic nitrogens is 2. The summed E-state index contributed by atoms with van der Waals surface area (Å²) in [6.45, 7) is 10.2. The Balaban J connectivity index is 1.68. The fourth-order valence-corrected chi connectivity index (χ4v) is 5.19. The molecule has 2 unspecified atom stereocenters. The minimum absolute atomic E-state index is 0.0457. The van der Waals surface area contributed by atoms with E-state index in [-0.39, 0.29) is 24.3 Å². The third kappa shape index (κ3) is 11.8. The van der Waals surface area contributed by atoms with Gasteiger partial charge in [0.05, 0.1) is 38.0 Å². The molecular weight excluding hydrogens is 502 g/mol. The maximum atomic E-state index is 12.6. The van der Waals surface area contributed by atoms with Gasteiger partial charge in [0.2, 0.25) is 6.23 Å². The topological polar surface area (TPSA) is 87.6 Å². The van der Waals surface area contributed by atoms with Crippen LogP contribution in [0, 0.1) is 0 Å². The van der Waals surface area contributed by atoms with Crippen LogP contribution in [0.1, 0.15) is 117 Å². The van der Waals surface area contributed by atoms with Crippen LogP contribution in [0.5, 0.6) is 5.88 Å². The van der Waals surface area contributed by atoms with Crippen molar-refractivity contribution >= 4 is 29.2 Å². The second-order valence-electron chi connectivity index (χ2n) is 11.0. The van der Waals surface area contributed by atoms with Crippen LogP contribution >= 0.6 is 11.7 Å². The highest BCUT2D eigenvalue weighted by molar-refractivity contribution is 6.99. The van der Waals surface area contributed by atoms with Crippen LogP contribution < -0.4 is 4.74 Å². The standard InChI is InChI=1S/C29H50N3O5S/c1-6-7-8-15-21-35-29-28(30-38-31-29)25-17-16-20-32(5,22-25)24(4)37-27(34)19-14-12-10-9-11-13-18-26(33)36-23(2)3/h17,23-24H,6-16,18-22H2,1-5H3/q+1. The van der Waals surface area contributed by atoms with Crippen LogP contribution in [-0.4, -0.2) is 64.2 Å². The third-order valence-electron chi connectivity index (χ3n) is 7.12. The SMILES string of the molecule is CCCCCCOc1nsnc1C1=CCC[N+](C)(C(C)OC(=O)CCCCCCCCC(=O)OC(C)C)C1. The van der Waals surface area contributed by atoms with E-state index in [1.807, 2.05) is 20.8 Å². The smallest absolute Gasteiger partial charge is 0.310 e. The Kier molecular flexibility index (Phi) is 14.9. The van der Waals surface area contributed by atoms with E-state index >= 15 is 0 Å². The van der Waals surface area contributed by atoms with E-state index in [1.54, 1.807) is 0 Å². The van der Waals surface area contributed by atoms with E-state index < -0.39 is 0 Å². The van der Waals surface area contributed by atoms with Crippen molar-refractivity contribution in [3.8, 4) is 5.88 Å². The highest BCUT2D eigenvalue weighted by Crippen LogP contribution is 2.31. The Bertz CT molecular complexity index is 872. The number of carbonyl (C=O) groups excluding carboxylic acids is 2. The van der Waals surface area contributed by atoms with Gasteiger partial charge in [0.25, 0.3) is 5.88 Å². The zero-order valence-electron chi connectivity index (χ0n) is 24.3. The molecule has 0 saturated heterocycles. The molecule has 9 heteroatoms. The summed E-state index contributed by atoms with van der Waals surface area (Å²) < 4.78 is 26.6. The summed E-state index contributed by atoms with van der Waals surface area (Å²) >= 11 is 1.19. The first-order valence-electron chi connectivity index (χ1n) is 14.6. The first kappa shape index (κ1) is 32.2. The zero-order chi connectivity index (χ0) is 27.8. The number of hydrogen-bond acceptors (Lipinski definition) is 8. The van der Waals surface area contributed by atoms with Crippen molar-refractivity contribution in [1.29, 1.82) is 0 Å². The summed E-state index contributed by atoms with van der Waals surface area (Å²) in [5, 5.41) is 0. The Morgan fingerprint density at radius 1 is 0.921 bits per heavy atom. The molecule has 1 aromatic heterocycles. The molecule has 0 radical (unpaired) electrons. The number of ether oxygens (including phenoxy) is 3. The number of carbonyl (C=O) groups is 2. The van der Waals surface area contributed by atoms with Gasteiger partial charge < -0.3 is 14.2 Å². The first-order chi connectivity index (χ1) is 18.2. The number of unbranched alkanes of at least 4 members (excludes halogenated alkanes) is 8. The van der Waals surface area contributed by atoms with E-state index in [0.717, 1.165) is 75.7 Å². The van der Waals surface area contributed by atoms with Gasteiger partial charge in [0, 0.05) is 31.8 Å². The Morgan fingerprint density at radius 3 is 2.21 bits per heavy atom. The maximum Gasteiger partial charge on any atom is 0.310 e. The molecule has 1 aromatic rings. The van der Waals surface area contributed by atoms with E-state index in [1.165, 1.54) is 31.0 Å². The van der Waals surface area contributed by atoms with Gasteiger partial charge in [-0.3, -0.25) is 14.1 Å². The van der Waals surface area contributed by atoms with Crippen molar-refractivity contribution in [2.45, 2.75) is 123 Å². The van der Waals surface area contributed by atoms with E-state index in [0.29, 0.717) is 29.8 Å². The number of quaternary nitrogens is 1. The summed E-state index contributed by atoms with van der Waals surface area (Å²) in [7, 11) is 2.15. The molecule has 1 aliphatic heterocycles. The van der Waals surface area contributed by atoms with Gasteiger partial charge in [-0.2, -0.15) is 4.37 Å². The molecular formula is C29H50N3O5S+. The van der Waals surface area contributed by atoms with Crippen molar-refractivity contribution in [2.75, 3.05) is 26.7 Å². The monoisotopic (exact) mass is 552 g/mol. The number of hydrogen-bond donors (Lipinski definition) is 0. The minimum Gasteiger partial charge on any atom is -0.475 e. The Morgan fingerprint density at radius 2 is 1.55 bits per heavy atom. The lowest BCUT2D eigenvalue weighted by Gasteiger charge is -2.41. The quantitative estimate of drug-likeness (QED) is 0.107. The van der Waals surface area contributed by atoms with Crippen LogP contribution in [0.4, 0.5) is 0 Å². The lowest BCUT2D eigenvalue weighted by molar-refractivity contribution is -0.944. The van der Waals surface area contributed by atoms with Crippen molar-refractivity contribution < 1.29 is 28.3 Å². The number of nitrogens with zero attached hydrogens (tertiary/aromatic N) is 3. The molecule has 0 aromatic carbocycles. The predicted molar refractivity (Wildman–Crippen MR) is 152 cm³/mol. The van der Waals surface area contributed by atoms with Crippen molar-refractivity contribution in [1.82, 2.24) is 8.75 Å². The summed E-state index contributed by atoms with van der Waals surface area (Å²) in [5.74, 6) is 0.390. The molecule has 0 aliphatic carbocycles. The molecule has 8 nitrogen and oxygen atoms in total. The van der Waals surface area contributed by atoms with E-state index in [9.17, 15) is 9.59 Å². The summed E-state index contributed by atoms with van der Waals surface area (Å²) in [5.41, 5.74) is 1.96. The van der Waals surface area contributed by atoms with Gasteiger partial charge >= 0.3 is 11.9 Å². The van der Waals surface area contributed by atoms with Gasteiger partial charge in [-0.1, -0.05) is 57.9 Å². The summed E-state index contributed by atoms with van der Waals surface area (Å²) in [6, 6.07) is 0. The summed E-state index contributed by atoms with van der Waals surface area (Å²) in [6.07, 6.45) is 14.2. The van der Waals surface area contributed by atoms with Crippen LogP contribution in [0.25, 0.3) is 5.57 Å². The molecule has 216 valence electrons. The molecule has 2 atom stereocenters. The van der Waals surface area contributed by atoms with Gasteiger partial charge in [0.15, 0.2) is 0 Å². The van der Waals surface area contributed by atoms with Gasteiger partial charge in [-0.15, -0.1) is 4.37 Å². The second-order valence-corrected chi connectivity index (χ2v) is 11.5. The molecule has 0 bridgehead atoms.